The van der Waals surface area contributed by atoms with Gasteiger partial charge in [0.15, 0.2) is 0 Å². The zero-order chi connectivity index (χ0) is 7.56. The van der Waals surface area contributed by atoms with Gasteiger partial charge in [0.05, 0.1) is 5.56 Å². The molecule has 0 radical (unpaired) electrons. The molecule has 3 heteroatoms. The molecule has 1 aromatic heterocycles. The van der Waals surface area contributed by atoms with Gasteiger partial charge in [0.25, 0.3) is 0 Å². The summed E-state index contributed by atoms with van der Waals surface area (Å²) in [5.74, 6) is -0.466. The van der Waals surface area contributed by atoms with E-state index in [0.717, 1.165) is 12.1 Å². The monoisotopic (exact) mass is 140 g/mol. The van der Waals surface area contributed by atoms with Crippen molar-refractivity contribution in [3.8, 4) is 0 Å². The second-order valence-electron chi connectivity index (χ2n) is 1.96. The molecule has 0 aliphatic rings. The molecular weight excluding hydrogens is 131 g/mol. The standard InChI is InChI=1S/C7H9FN2/c1-3-5-6(4-2)9-10-7(5)8/h3H,1,4H2,2H3,(H,9,10). The quantitative estimate of drug-likeness (QED) is 0.666. The van der Waals surface area contributed by atoms with Crippen LogP contribution in [-0.4, -0.2) is 10.2 Å². The third-order valence-corrected chi connectivity index (χ3v) is 1.39. The van der Waals surface area contributed by atoms with Gasteiger partial charge in [0.1, 0.15) is 0 Å². The fourth-order valence-electron chi connectivity index (χ4n) is 0.838. The molecule has 0 amide bonds. The van der Waals surface area contributed by atoms with Crippen LogP contribution in [0.25, 0.3) is 6.08 Å². The number of rotatable bonds is 2. The zero-order valence-corrected chi connectivity index (χ0v) is 5.82. The molecule has 2 nitrogen and oxygen atoms in total. The number of H-pyrrole nitrogens is 1. The Hall–Kier alpha value is -1.12. The third-order valence-electron chi connectivity index (χ3n) is 1.39. The van der Waals surface area contributed by atoms with Crippen LogP contribution in [0.2, 0.25) is 0 Å². The maximum absolute atomic E-state index is 12.6. The molecule has 0 saturated heterocycles. The van der Waals surface area contributed by atoms with Gasteiger partial charge in [-0.2, -0.15) is 4.39 Å². The summed E-state index contributed by atoms with van der Waals surface area (Å²) in [4.78, 5) is 0. The summed E-state index contributed by atoms with van der Waals surface area (Å²) >= 11 is 0. The minimum atomic E-state index is -0.466. The Kier molecular flexibility index (Phi) is 1.85. The van der Waals surface area contributed by atoms with Crippen LogP contribution in [0.4, 0.5) is 4.39 Å². The molecule has 1 aromatic rings. The summed E-state index contributed by atoms with van der Waals surface area (Å²) in [6, 6.07) is 0. The highest BCUT2D eigenvalue weighted by molar-refractivity contribution is 5.48. The number of halogens is 1. The lowest BCUT2D eigenvalue weighted by atomic mass is 10.2. The summed E-state index contributed by atoms with van der Waals surface area (Å²) in [5.41, 5.74) is 1.29. The Morgan fingerprint density at radius 3 is 2.90 bits per heavy atom. The van der Waals surface area contributed by atoms with Crippen LogP contribution in [0.3, 0.4) is 0 Å². The molecular formula is C7H9FN2. The maximum Gasteiger partial charge on any atom is 0.239 e. The van der Waals surface area contributed by atoms with Crippen LogP contribution in [-0.2, 0) is 6.42 Å². The molecule has 54 valence electrons. The Balaban J connectivity index is 3.12. The molecule has 0 bridgehead atoms. The summed E-state index contributed by atoms with van der Waals surface area (Å²) in [6.45, 7) is 5.40. The summed E-state index contributed by atoms with van der Waals surface area (Å²) < 4.78 is 12.6. The van der Waals surface area contributed by atoms with Gasteiger partial charge in [-0.25, -0.2) is 0 Å². The normalized spacial score (nSPS) is 9.80. The maximum atomic E-state index is 12.6. The molecule has 1 N–H and O–H groups in total. The van der Waals surface area contributed by atoms with Crippen LogP contribution in [0, 0.1) is 5.95 Å². The minimum Gasteiger partial charge on any atom is -0.279 e. The van der Waals surface area contributed by atoms with E-state index in [2.05, 4.69) is 16.8 Å². The smallest absolute Gasteiger partial charge is 0.239 e. The van der Waals surface area contributed by atoms with E-state index in [1.165, 1.54) is 6.08 Å². The molecule has 0 aliphatic carbocycles. The number of aromatic nitrogens is 2. The van der Waals surface area contributed by atoms with Crippen LogP contribution in [0.5, 0.6) is 0 Å². The first-order chi connectivity index (χ1) is 4.79. The minimum absolute atomic E-state index is 0.466. The SMILES string of the molecule is C=Cc1c(F)n[nH]c1CC. The van der Waals surface area contributed by atoms with E-state index in [1.54, 1.807) is 0 Å². The number of hydrogen-bond donors (Lipinski definition) is 1. The lowest BCUT2D eigenvalue weighted by molar-refractivity contribution is 0.577. The van der Waals surface area contributed by atoms with Crippen LogP contribution >= 0.6 is 0 Å². The highest BCUT2D eigenvalue weighted by Crippen LogP contribution is 2.10. The lowest BCUT2D eigenvalue weighted by Crippen LogP contribution is -1.82. The van der Waals surface area contributed by atoms with E-state index in [0.29, 0.717) is 5.56 Å². The van der Waals surface area contributed by atoms with Crippen molar-refractivity contribution in [2.24, 2.45) is 0 Å². The topological polar surface area (TPSA) is 28.7 Å². The largest absolute Gasteiger partial charge is 0.279 e. The van der Waals surface area contributed by atoms with Crippen molar-refractivity contribution < 1.29 is 4.39 Å². The molecule has 1 heterocycles. The predicted octanol–water partition coefficient (Wildman–Crippen LogP) is 1.75. The number of nitrogens with one attached hydrogen (secondary N) is 1. The van der Waals surface area contributed by atoms with Crippen molar-refractivity contribution in [3.63, 3.8) is 0 Å². The molecule has 0 unspecified atom stereocenters. The summed E-state index contributed by atoms with van der Waals surface area (Å²) in [6.07, 6.45) is 2.22. The summed E-state index contributed by atoms with van der Waals surface area (Å²) in [7, 11) is 0. The molecule has 1 rings (SSSR count). The first-order valence-electron chi connectivity index (χ1n) is 3.14. The molecule has 0 fully saturated rings. The first-order valence-corrected chi connectivity index (χ1v) is 3.14. The second kappa shape index (κ2) is 2.64. The van der Waals surface area contributed by atoms with Crippen molar-refractivity contribution in [1.29, 1.82) is 0 Å². The predicted molar refractivity (Wildman–Crippen MR) is 38.0 cm³/mol. The van der Waals surface area contributed by atoms with E-state index in [4.69, 9.17) is 0 Å². The Labute approximate surface area is 58.8 Å². The van der Waals surface area contributed by atoms with Crippen LogP contribution in [0.1, 0.15) is 18.2 Å². The number of aromatic amines is 1. The van der Waals surface area contributed by atoms with Crippen molar-refractivity contribution >= 4 is 6.08 Å². The Morgan fingerprint density at radius 2 is 2.50 bits per heavy atom. The van der Waals surface area contributed by atoms with Gasteiger partial charge < -0.3 is 0 Å². The van der Waals surface area contributed by atoms with Crippen LogP contribution < -0.4 is 0 Å². The molecule has 0 aliphatic heterocycles. The number of aryl methyl sites for hydroxylation is 1. The van der Waals surface area contributed by atoms with Crippen molar-refractivity contribution in [2.75, 3.05) is 0 Å². The highest BCUT2D eigenvalue weighted by atomic mass is 19.1. The molecule has 0 spiro atoms. The fraction of sp³-hybridized carbons (Fsp3) is 0.286. The van der Waals surface area contributed by atoms with Crippen molar-refractivity contribution in [2.45, 2.75) is 13.3 Å². The summed E-state index contributed by atoms with van der Waals surface area (Å²) in [5, 5.41) is 5.97. The molecule has 0 aromatic carbocycles. The first kappa shape index (κ1) is 6.99. The average molecular weight is 140 g/mol. The highest BCUT2D eigenvalue weighted by Gasteiger charge is 2.06. The van der Waals surface area contributed by atoms with Gasteiger partial charge in [0.2, 0.25) is 5.95 Å². The van der Waals surface area contributed by atoms with Gasteiger partial charge >= 0.3 is 0 Å². The van der Waals surface area contributed by atoms with E-state index in [1.807, 2.05) is 6.92 Å². The third kappa shape index (κ3) is 0.943. The molecule has 0 saturated carbocycles. The van der Waals surface area contributed by atoms with Crippen LogP contribution in [0.15, 0.2) is 6.58 Å². The molecule has 10 heavy (non-hydrogen) atoms. The van der Waals surface area contributed by atoms with E-state index >= 15 is 0 Å². The Morgan fingerprint density at radius 1 is 1.80 bits per heavy atom. The van der Waals surface area contributed by atoms with Gasteiger partial charge in [-0.3, -0.25) is 5.10 Å². The van der Waals surface area contributed by atoms with Crippen molar-refractivity contribution in [1.82, 2.24) is 10.2 Å². The second-order valence-corrected chi connectivity index (χ2v) is 1.96. The average Bonchev–Trinajstić information content (AvgIpc) is 2.30. The zero-order valence-electron chi connectivity index (χ0n) is 5.82. The van der Waals surface area contributed by atoms with Crippen molar-refractivity contribution in [3.05, 3.63) is 23.8 Å². The molecule has 0 atom stereocenters. The van der Waals surface area contributed by atoms with E-state index < -0.39 is 5.95 Å². The lowest BCUT2D eigenvalue weighted by Gasteiger charge is -1.89. The van der Waals surface area contributed by atoms with Gasteiger partial charge in [-0.15, -0.1) is 5.10 Å². The number of nitrogens with zero attached hydrogens (tertiary/aromatic N) is 1. The fourth-order valence-corrected chi connectivity index (χ4v) is 0.838. The van der Waals surface area contributed by atoms with Gasteiger partial charge in [-0.1, -0.05) is 19.6 Å². The van der Waals surface area contributed by atoms with E-state index in [-0.39, 0.29) is 0 Å². The van der Waals surface area contributed by atoms with E-state index in [9.17, 15) is 4.39 Å². The van der Waals surface area contributed by atoms with Gasteiger partial charge in [0, 0.05) is 5.69 Å². The number of hydrogen-bond acceptors (Lipinski definition) is 1. The Bertz CT molecular complexity index is 240. The van der Waals surface area contributed by atoms with Gasteiger partial charge in [-0.05, 0) is 6.42 Å².